The van der Waals surface area contributed by atoms with E-state index in [1.807, 2.05) is 6.07 Å². The summed E-state index contributed by atoms with van der Waals surface area (Å²) >= 11 is 0. The van der Waals surface area contributed by atoms with Gasteiger partial charge in [-0.05, 0) is 26.8 Å². The Morgan fingerprint density at radius 1 is 1.21 bits per heavy atom. The van der Waals surface area contributed by atoms with E-state index in [-0.39, 0.29) is 0 Å². The molecule has 4 nitrogen and oxygen atoms in total. The van der Waals surface area contributed by atoms with E-state index in [0.29, 0.717) is 5.54 Å². The van der Waals surface area contributed by atoms with Crippen molar-refractivity contribution in [2.24, 2.45) is 0 Å². The van der Waals surface area contributed by atoms with Gasteiger partial charge < -0.3 is 9.73 Å². The van der Waals surface area contributed by atoms with Gasteiger partial charge in [-0.3, -0.25) is 9.80 Å². The summed E-state index contributed by atoms with van der Waals surface area (Å²) in [6.45, 7) is 14.7. The minimum Gasteiger partial charge on any atom is -0.472 e. The van der Waals surface area contributed by atoms with Crippen LogP contribution in [0.2, 0.25) is 0 Å². The van der Waals surface area contributed by atoms with Gasteiger partial charge in [0.1, 0.15) is 0 Å². The fraction of sp³-hybridized carbons (Fsp3) is 0.733. The number of hydrogen-bond donors (Lipinski definition) is 1. The highest BCUT2D eigenvalue weighted by atomic mass is 16.3. The number of furan rings is 1. The number of nitrogens with zero attached hydrogens (tertiary/aromatic N) is 2. The van der Waals surface area contributed by atoms with Gasteiger partial charge in [0.2, 0.25) is 0 Å². The molecule has 0 spiro atoms. The number of rotatable bonds is 5. The molecule has 0 aliphatic carbocycles. The average Bonchev–Trinajstić information content (AvgIpc) is 2.87. The number of nitrogens with one attached hydrogen (secondary N) is 1. The van der Waals surface area contributed by atoms with Crippen molar-refractivity contribution in [1.82, 2.24) is 15.1 Å². The Kier molecular flexibility index (Phi) is 5.02. The summed E-state index contributed by atoms with van der Waals surface area (Å²) in [6.07, 6.45) is 3.53. The quantitative estimate of drug-likeness (QED) is 0.823. The molecule has 1 aliphatic heterocycles. The van der Waals surface area contributed by atoms with Crippen LogP contribution in [0.15, 0.2) is 23.0 Å². The molecule has 4 heteroatoms. The van der Waals surface area contributed by atoms with Crippen LogP contribution in [0.25, 0.3) is 0 Å². The molecule has 2 rings (SSSR count). The maximum absolute atomic E-state index is 5.05. The molecule has 0 bridgehead atoms. The molecule has 0 atom stereocenters. The zero-order valence-corrected chi connectivity index (χ0v) is 12.5. The van der Waals surface area contributed by atoms with Crippen molar-refractivity contribution in [3.63, 3.8) is 0 Å². The van der Waals surface area contributed by atoms with Gasteiger partial charge in [0.05, 0.1) is 12.5 Å². The van der Waals surface area contributed by atoms with Gasteiger partial charge in [0.25, 0.3) is 0 Å². The van der Waals surface area contributed by atoms with Crippen molar-refractivity contribution in [2.45, 2.75) is 32.9 Å². The number of hydrogen-bond acceptors (Lipinski definition) is 4. The maximum Gasteiger partial charge on any atom is 0.0947 e. The third kappa shape index (κ3) is 4.64. The van der Waals surface area contributed by atoms with E-state index in [4.69, 9.17) is 4.42 Å². The first-order valence-corrected chi connectivity index (χ1v) is 7.25. The van der Waals surface area contributed by atoms with Gasteiger partial charge in [0, 0.05) is 56.9 Å². The van der Waals surface area contributed by atoms with Crippen LogP contribution in [0.5, 0.6) is 0 Å². The van der Waals surface area contributed by atoms with E-state index in [1.54, 1.807) is 12.5 Å². The van der Waals surface area contributed by atoms with E-state index in [9.17, 15) is 0 Å². The highest BCUT2D eigenvalue weighted by molar-refractivity contribution is 5.04. The summed E-state index contributed by atoms with van der Waals surface area (Å²) in [5.74, 6) is 0. The van der Waals surface area contributed by atoms with Crippen LogP contribution in [0.1, 0.15) is 26.3 Å². The molecule has 2 heterocycles. The minimum atomic E-state index is 0.311. The molecule has 1 aromatic rings. The Balaban J connectivity index is 1.58. The number of piperazine rings is 1. The molecule has 108 valence electrons. The predicted molar refractivity (Wildman–Crippen MR) is 78.2 cm³/mol. The second-order valence-corrected chi connectivity index (χ2v) is 6.31. The van der Waals surface area contributed by atoms with Crippen LogP contribution >= 0.6 is 0 Å². The highest BCUT2D eigenvalue weighted by Crippen LogP contribution is 2.15. The van der Waals surface area contributed by atoms with Crippen LogP contribution in [0.4, 0.5) is 0 Å². The molecule has 1 saturated heterocycles. The average molecular weight is 265 g/mol. The lowest BCUT2D eigenvalue weighted by Gasteiger charge is -2.42. The van der Waals surface area contributed by atoms with Gasteiger partial charge in [-0.15, -0.1) is 0 Å². The summed E-state index contributed by atoms with van der Waals surface area (Å²) in [7, 11) is 0. The Bertz CT molecular complexity index is 348. The molecule has 1 N–H and O–H groups in total. The van der Waals surface area contributed by atoms with Crippen LogP contribution in [0, 0.1) is 0 Å². The zero-order valence-electron chi connectivity index (χ0n) is 12.5. The first kappa shape index (κ1) is 14.6. The standard InChI is InChI=1S/C15H27N3O/c1-15(2,3)18-9-7-17(8-10-18)6-5-16-12-14-4-11-19-13-14/h4,11,13,16H,5-10,12H2,1-3H3. The first-order valence-electron chi connectivity index (χ1n) is 7.25. The normalized spacial score (nSPS) is 18.9. The second-order valence-electron chi connectivity index (χ2n) is 6.31. The first-order chi connectivity index (χ1) is 9.05. The fourth-order valence-electron chi connectivity index (χ4n) is 2.51. The van der Waals surface area contributed by atoms with E-state index in [0.717, 1.165) is 19.6 Å². The van der Waals surface area contributed by atoms with Crippen molar-refractivity contribution in [3.8, 4) is 0 Å². The lowest BCUT2D eigenvalue weighted by Crippen LogP contribution is -2.54. The van der Waals surface area contributed by atoms with Crippen molar-refractivity contribution in [2.75, 3.05) is 39.3 Å². The maximum atomic E-state index is 5.05. The van der Waals surface area contributed by atoms with Gasteiger partial charge in [-0.2, -0.15) is 0 Å². The summed E-state index contributed by atoms with van der Waals surface area (Å²) in [4.78, 5) is 5.12. The zero-order chi connectivity index (χ0) is 13.7. The van der Waals surface area contributed by atoms with Gasteiger partial charge in [0.15, 0.2) is 0 Å². The minimum absolute atomic E-state index is 0.311. The second kappa shape index (κ2) is 6.55. The Hall–Kier alpha value is -0.840. The van der Waals surface area contributed by atoms with Crippen molar-refractivity contribution in [3.05, 3.63) is 24.2 Å². The predicted octanol–water partition coefficient (Wildman–Crippen LogP) is 1.79. The molecule has 0 aromatic carbocycles. The molecular formula is C15H27N3O. The third-order valence-corrected chi connectivity index (χ3v) is 3.84. The summed E-state index contributed by atoms with van der Waals surface area (Å²) < 4.78 is 5.05. The molecule has 0 saturated carbocycles. The monoisotopic (exact) mass is 265 g/mol. The van der Waals surface area contributed by atoms with E-state index in [1.165, 1.54) is 31.7 Å². The van der Waals surface area contributed by atoms with E-state index >= 15 is 0 Å². The summed E-state index contributed by atoms with van der Waals surface area (Å²) in [5, 5.41) is 3.46. The molecule has 0 radical (unpaired) electrons. The SMILES string of the molecule is CC(C)(C)N1CCN(CCNCc2ccoc2)CC1. The van der Waals surface area contributed by atoms with Crippen LogP contribution in [-0.2, 0) is 6.54 Å². The van der Waals surface area contributed by atoms with Crippen molar-refractivity contribution in [1.29, 1.82) is 0 Å². The smallest absolute Gasteiger partial charge is 0.0947 e. The van der Waals surface area contributed by atoms with Gasteiger partial charge >= 0.3 is 0 Å². The molecule has 1 fully saturated rings. The summed E-state index contributed by atoms with van der Waals surface area (Å²) in [5.41, 5.74) is 1.53. The largest absolute Gasteiger partial charge is 0.472 e. The molecule has 1 aromatic heterocycles. The van der Waals surface area contributed by atoms with E-state index < -0.39 is 0 Å². The third-order valence-electron chi connectivity index (χ3n) is 3.84. The lowest BCUT2D eigenvalue weighted by molar-refractivity contribution is 0.0628. The molecule has 0 unspecified atom stereocenters. The summed E-state index contributed by atoms with van der Waals surface area (Å²) in [6, 6.07) is 2.01. The molecular weight excluding hydrogens is 238 g/mol. The van der Waals surface area contributed by atoms with Crippen LogP contribution in [0.3, 0.4) is 0 Å². The van der Waals surface area contributed by atoms with Crippen molar-refractivity contribution >= 4 is 0 Å². The highest BCUT2D eigenvalue weighted by Gasteiger charge is 2.25. The Labute approximate surface area is 116 Å². The Morgan fingerprint density at radius 3 is 2.53 bits per heavy atom. The van der Waals surface area contributed by atoms with Gasteiger partial charge in [-0.1, -0.05) is 0 Å². The lowest BCUT2D eigenvalue weighted by atomic mass is 10.1. The fourth-order valence-corrected chi connectivity index (χ4v) is 2.51. The van der Waals surface area contributed by atoms with Gasteiger partial charge in [-0.25, -0.2) is 0 Å². The van der Waals surface area contributed by atoms with E-state index in [2.05, 4.69) is 35.9 Å². The topological polar surface area (TPSA) is 31.6 Å². The molecule has 0 amide bonds. The van der Waals surface area contributed by atoms with Crippen LogP contribution in [-0.4, -0.2) is 54.6 Å². The van der Waals surface area contributed by atoms with Crippen LogP contribution < -0.4 is 5.32 Å². The molecule has 1 aliphatic rings. The molecule has 19 heavy (non-hydrogen) atoms. The Morgan fingerprint density at radius 2 is 1.95 bits per heavy atom. The van der Waals surface area contributed by atoms with Crippen molar-refractivity contribution < 1.29 is 4.42 Å².